The van der Waals surface area contributed by atoms with E-state index in [4.69, 9.17) is 13.9 Å². The number of H-pyrrole nitrogens is 1. The van der Waals surface area contributed by atoms with Crippen LogP contribution in [0.5, 0.6) is 11.5 Å². The molecular weight excluding hydrogens is 390 g/mol. The van der Waals surface area contributed by atoms with Gasteiger partial charge in [0.25, 0.3) is 5.56 Å². The predicted octanol–water partition coefficient (Wildman–Crippen LogP) is 3.55. The molecule has 0 aliphatic heterocycles. The first-order valence-electron chi connectivity index (χ1n) is 9.06. The fraction of sp³-hybridized carbons (Fsp3) is 0.190. The molecule has 0 atom stereocenters. The summed E-state index contributed by atoms with van der Waals surface area (Å²) in [7, 11) is 6.28. The Bertz CT molecular complexity index is 1370. The van der Waals surface area contributed by atoms with Crippen molar-refractivity contribution in [1.29, 1.82) is 0 Å². The largest absolute Gasteiger partial charge is 0.455 e. The standard InChI is InChI=1S/C21H19N3O6/c1-23(2)20(26)28-11-8-9-12-15(10-11)29-18-13-6-5-7-14(30-21(27)24(3)4)17(13)22-19(25)16(12)18/h5-10H,1-4H3,(H,22,25). The molecule has 9 nitrogen and oxygen atoms in total. The van der Waals surface area contributed by atoms with Crippen molar-refractivity contribution in [2.75, 3.05) is 28.2 Å². The van der Waals surface area contributed by atoms with Gasteiger partial charge in [0.2, 0.25) is 0 Å². The number of nitrogens with one attached hydrogen (secondary N) is 1. The first kappa shape index (κ1) is 19.3. The van der Waals surface area contributed by atoms with Crippen LogP contribution in [0, 0.1) is 0 Å². The molecule has 0 spiro atoms. The second kappa shape index (κ2) is 7.11. The second-order valence-corrected chi connectivity index (χ2v) is 7.12. The van der Waals surface area contributed by atoms with Crippen LogP contribution in [0.1, 0.15) is 0 Å². The average molecular weight is 409 g/mol. The van der Waals surface area contributed by atoms with E-state index in [-0.39, 0.29) is 11.3 Å². The van der Waals surface area contributed by atoms with Gasteiger partial charge in [0, 0.05) is 45.0 Å². The van der Waals surface area contributed by atoms with Gasteiger partial charge in [-0.05, 0) is 24.3 Å². The zero-order chi connectivity index (χ0) is 21.6. The van der Waals surface area contributed by atoms with Gasteiger partial charge >= 0.3 is 12.2 Å². The Kier molecular flexibility index (Phi) is 4.57. The van der Waals surface area contributed by atoms with Crippen LogP contribution in [0.4, 0.5) is 9.59 Å². The van der Waals surface area contributed by atoms with Crippen LogP contribution in [0.25, 0.3) is 32.8 Å². The number of rotatable bonds is 2. The van der Waals surface area contributed by atoms with E-state index in [1.165, 1.54) is 9.80 Å². The summed E-state index contributed by atoms with van der Waals surface area (Å²) in [5.41, 5.74) is 0.705. The van der Waals surface area contributed by atoms with Gasteiger partial charge in [-0.15, -0.1) is 0 Å². The van der Waals surface area contributed by atoms with Crippen molar-refractivity contribution < 1.29 is 23.5 Å². The maximum absolute atomic E-state index is 12.8. The van der Waals surface area contributed by atoms with E-state index >= 15 is 0 Å². The van der Waals surface area contributed by atoms with Crippen molar-refractivity contribution in [2.45, 2.75) is 0 Å². The zero-order valence-electron chi connectivity index (χ0n) is 16.8. The van der Waals surface area contributed by atoms with Gasteiger partial charge in [0.1, 0.15) is 16.9 Å². The highest BCUT2D eigenvalue weighted by molar-refractivity contribution is 6.14. The number of amides is 2. The molecule has 2 amide bonds. The number of fused-ring (bicyclic) bond motifs is 5. The third-order valence-electron chi connectivity index (χ3n) is 4.53. The highest BCUT2D eigenvalue weighted by Gasteiger charge is 2.19. The van der Waals surface area contributed by atoms with Gasteiger partial charge in [-0.1, -0.05) is 6.07 Å². The molecule has 9 heteroatoms. The lowest BCUT2D eigenvalue weighted by Crippen LogP contribution is -2.25. The van der Waals surface area contributed by atoms with Gasteiger partial charge in [-0.25, -0.2) is 9.59 Å². The number of hydrogen-bond acceptors (Lipinski definition) is 6. The van der Waals surface area contributed by atoms with E-state index < -0.39 is 12.2 Å². The second-order valence-electron chi connectivity index (χ2n) is 7.12. The first-order chi connectivity index (χ1) is 14.3. The molecule has 0 saturated heterocycles. The molecule has 4 aromatic rings. The third-order valence-corrected chi connectivity index (χ3v) is 4.53. The minimum absolute atomic E-state index is 0.214. The normalized spacial score (nSPS) is 11.1. The van der Waals surface area contributed by atoms with Crippen molar-refractivity contribution >= 4 is 45.0 Å². The summed E-state index contributed by atoms with van der Waals surface area (Å²) in [5, 5.41) is 1.52. The lowest BCUT2D eigenvalue weighted by molar-refractivity contribution is 0.171. The summed E-state index contributed by atoms with van der Waals surface area (Å²) >= 11 is 0. The Hall–Kier alpha value is -4.01. The Labute approximate surface area is 170 Å². The average Bonchev–Trinajstić information content (AvgIpc) is 3.08. The number of aromatic amines is 1. The predicted molar refractivity (Wildman–Crippen MR) is 111 cm³/mol. The van der Waals surface area contributed by atoms with E-state index in [2.05, 4.69) is 4.98 Å². The third kappa shape index (κ3) is 3.20. The number of nitrogens with zero attached hydrogens (tertiary/aromatic N) is 2. The van der Waals surface area contributed by atoms with Crippen LogP contribution in [0.15, 0.2) is 45.6 Å². The van der Waals surface area contributed by atoms with Crippen LogP contribution in [0.3, 0.4) is 0 Å². The molecule has 0 bridgehead atoms. The minimum atomic E-state index is -0.569. The Balaban J connectivity index is 1.90. The number of furan rings is 1. The number of para-hydroxylation sites is 1. The number of benzene rings is 2. The van der Waals surface area contributed by atoms with Crippen LogP contribution in [-0.2, 0) is 0 Å². The van der Waals surface area contributed by atoms with Gasteiger partial charge in [-0.3, -0.25) is 4.79 Å². The molecular formula is C21H19N3O6. The zero-order valence-corrected chi connectivity index (χ0v) is 16.8. The highest BCUT2D eigenvalue weighted by Crippen LogP contribution is 2.35. The SMILES string of the molecule is CN(C)C(=O)Oc1ccc2c(c1)oc1c3cccc(OC(=O)N(C)C)c3[nH]c(=O)c21. The Morgan fingerprint density at radius 3 is 2.33 bits per heavy atom. The van der Waals surface area contributed by atoms with Crippen molar-refractivity contribution in [1.82, 2.24) is 14.8 Å². The van der Waals surface area contributed by atoms with Crippen molar-refractivity contribution in [3.8, 4) is 11.5 Å². The maximum Gasteiger partial charge on any atom is 0.414 e. The monoisotopic (exact) mass is 409 g/mol. The highest BCUT2D eigenvalue weighted by atomic mass is 16.6. The topological polar surface area (TPSA) is 105 Å². The molecule has 0 unspecified atom stereocenters. The van der Waals surface area contributed by atoms with Crippen LogP contribution in [0.2, 0.25) is 0 Å². The number of ether oxygens (including phenoxy) is 2. The van der Waals surface area contributed by atoms with Gasteiger partial charge in [0.15, 0.2) is 5.75 Å². The molecule has 1 N–H and O–H groups in total. The summed E-state index contributed by atoms with van der Waals surface area (Å²) in [6, 6.07) is 9.87. The van der Waals surface area contributed by atoms with E-state index in [9.17, 15) is 14.4 Å². The molecule has 154 valence electrons. The van der Waals surface area contributed by atoms with Crippen molar-refractivity contribution in [3.05, 3.63) is 46.8 Å². The summed E-state index contributed by atoms with van der Waals surface area (Å²) in [5.74, 6) is 0.507. The molecule has 2 aromatic heterocycles. The van der Waals surface area contributed by atoms with Gasteiger partial charge in [-0.2, -0.15) is 0 Å². The summed E-state index contributed by atoms with van der Waals surface area (Å²) < 4.78 is 16.6. The fourth-order valence-corrected chi connectivity index (χ4v) is 3.04. The van der Waals surface area contributed by atoms with Gasteiger partial charge < -0.3 is 28.7 Å². The Morgan fingerprint density at radius 1 is 0.933 bits per heavy atom. The number of aromatic nitrogens is 1. The van der Waals surface area contributed by atoms with Crippen LogP contribution in [-0.4, -0.2) is 55.2 Å². The molecule has 0 aliphatic rings. The lowest BCUT2D eigenvalue weighted by Gasteiger charge is -2.12. The molecule has 4 rings (SSSR count). The quantitative estimate of drug-likeness (QED) is 0.543. The minimum Gasteiger partial charge on any atom is -0.455 e. The fourth-order valence-electron chi connectivity index (χ4n) is 3.04. The molecule has 0 aliphatic carbocycles. The van der Waals surface area contributed by atoms with E-state index in [1.54, 1.807) is 64.6 Å². The number of carbonyl (C=O) groups excluding carboxylic acids is 2. The molecule has 30 heavy (non-hydrogen) atoms. The molecule has 0 radical (unpaired) electrons. The van der Waals surface area contributed by atoms with E-state index in [0.29, 0.717) is 38.6 Å². The molecule has 0 fully saturated rings. The summed E-state index contributed by atoms with van der Waals surface area (Å²) in [6.07, 6.45) is -1.10. The summed E-state index contributed by atoms with van der Waals surface area (Å²) in [4.78, 5) is 42.0. The first-order valence-corrected chi connectivity index (χ1v) is 9.06. The lowest BCUT2D eigenvalue weighted by atomic mass is 10.1. The van der Waals surface area contributed by atoms with Crippen LogP contribution < -0.4 is 15.0 Å². The van der Waals surface area contributed by atoms with Crippen molar-refractivity contribution in [3.63, 3.8) is 0 Å². The molecule has 2 aromatic carbocycles. The maximum atomic E-state index is 12.8. The smallest absolute Gasteiger partial charge is 0.414 e. The number of pyridine rings is 1. The number of carbonyl (C=O) groups is 2. The van der Waals surface area contributed by atoms with Gasteiger partial charge in [0.05, 0.1) is 10.9 Å². The molecule has 2 heterocycles. The van der Waals surface area contributed by atoms with E-state index in [1.807, 2.05) is 0 Å². The van der Waals surface area contributed by atoms with E-state index in [0.717, 1.165) is 0 Å². The van der Waals surface area contributed by atoms with Crippen LogP contribution >= 0.6 is 0 Å². The Morgan fingerprint density at radius 2 is 1.63 bits per heavy atom. The molecule has 0 saturated carbocycles. The van der Waals surface area contributed by atoms with Crippen molar-refractivity contribution in [2.24, 2.45) is 0 Å². The summed E-state index contributed by atoms with van der Waals surface area (Å²) in [6.45, 7) is 0. The number of hydrogen-bond donors (Lipinski definition) is 1.